The Kier molecular flexibility index (Phi) is 5.51. The van der Waals surface area contributed by atoms with Crippen LogP contribution in [-0.2, 0) is 11.3 Å². The minimum atomic E-state index is -0.0662. The van der Waals surface area contributed by atoms with Gasteiger partial charge in [0.15, 0.2) is 4.96 Å². The summed E-state index contributed by atoms with van der Waals surface area (Å²) in [5.41, 5.74) is 2.00. The van der Waals surface area contributed by atoms with Crippen LogP contribution >= 0.6 is 23.1 Å². The van der Waals surface area contributed by atoms with E-state index in [-0.39, 0.29) is 17.4 Å². The molecule has 8 nitrogen and oxygen atoms in total. The first-order valence-electron chi connectivity index (χ1n) is 10.1. The Balaban J connectivity index is 1.23. The van der Waals surface area contributed by atoms with Gasteiger partial charge in [0.25, 0.3) is 11.5 Å². The van der Waals surface area contributed by atoms with Gasteiger partial charge in [-0.05, 0) is 18.2 Å². The number of carbonyl (C=O) groups excluding carboxylic acids is 2. The number of benzene rings is 1. The topological polar surface area (TPSA) is 87.0 Å². The number of hydrogen-bond donors (Lipinski definition) is 1. The summed E-state index contributed by atoms with van der Waals surface area (Å²) in [6, 6.07) is 7.12. The zero-order valence-electron chi connectivity index (χ0n) is 16.7. The Hall–Kier alpha value is -2.69. The number of nitrogens with zero attached hydrogens (tertiary/aromatic N) is 4. The predicted molar refractivity (Wildman–Crippen MR) is 121 cm³/mol. The lowest BCUT2D eigenvalue weighted by atomic mass is 10.1. The van der Waals surface area contributed by atoms with Crippen LogP contribution in [0.1, 0.15) is 22.5 Å². The maximum atomic E-state index is 13.0. The van der Waals surface area contributed by atoms with E-state index in [1.54, 1.807) is 34.5 Å². The Bertz CT molecular complexity index is 1210. The third-order valence-corrected chi connectivity index (χ3v) is 7.32. The van der Waals surface area contributed by atoms with Gasteiger partial charge in [0.2, 0.25) is 5.91 Å². The highest BCUT2D eigenvalue weighted by Gasteiger charge is 2.24. The second-order valence-electron chi connectivity index (χ2n) is 7.57. The van der Waals surface area contributed by atoms with Gasteiger partial charge in [-0.2, -0.15) is 0 Å². The van der Waals surface area contributed by atoms with E-state index in [0.29, 0.717) is 36.6 Å². The molecule has 2 amide bonds. The molecule has 0 bridgehead atoms. The second kappa shape index (κ2) is 8.45. The van der Waals surface area contributed by atoms with Crippen molar-refractivity contribution in [2.75, 3.05) is 37.2 Å². The number of nitrogens with one attached hydrogen (secondary N) is 1. The predicted octanol–water partition coefficient (Wildman–Crippen LogP) is 2.15. The van der Waals surface area contributed by atoms with Crippen molar-refractivity contribution in [1.29, 1.82) is 0 Å². The summed E-state index contributed by atoms with van der Waals surface area (Å²) in [5, 5.41) is 4.75. The van der Waals surface area contributed by atoms with Crippen molar-refractivity contribution >= 4 is 45.6 Å². The number of aromatic nitrogens is 2. The molecule has 4 heterocycles. The van der Waals surface area contributed by atoms with E-state index >= 15 is 0 Å². The van der Waals surface area contributed by atoms with Crippen LogP contribution in [0, 0.1) is 0 Å². The molecule has 2 aromatic heterocycles. The zero-order valence-corrected chi connectivity index (χ0v) is 18.4. The molecular formula is C21H21N5O3S2. The fourth-order valence-corrected chi connectivity index (χ4v) is 5.52. The number of hydrogen-bond acceptors (Lipinski definition) is 7. The number of rotatable bonds is 3. The lowest BCUT2D eigenvalue weighted by Crippen LogP contribution is -2.48. The van der Waals surface area contributed by atoms with Gasteiger partial charge in [-0.3, -0.25) is 23.7 Å². The summed E-state index contributed by atoms with van der Waals surface area (Å²) in [4.78, 5) is 47.3. The Labute approximate surface area is 186 Å². The smallest absolute Gasteiger partial charge is 0.258 e. The molecule has 0 radical (unpaired) electrons. The van der Waals surface area contributed by atoms with Crippen molar-refractivity contribution in [3.05, 3.63) is 57.5 Å². The van der Waals surface area contributed by atoms with Crippen LogP contribution in [-0.4, -0.2) is 62.9 Å². The van der Waals surface area contributed by atoms with Crippen LogP contribution in [0.4, 0.5) is 5.69 Å². The molecule has 0 atom stereocenters. The summed E-state index contributed by atoms with van der Waals surface area (Å²) in [7, 11) is 0. The van der Waals surface area contributed by atoms with E-state index in [4.69, 9.17) is 0 Å². The van der Waals surface area contributed by atoms with E-state index in [2.05, 4.69) is 15.2 Å². The zero-order chi connectivity index (χ0) is 21.4. The van der Waals surface area contributed by atoms with Gasteiger partial charge in [0, 0.05) is 73.0 Å². The van der Waals surface area contributed by atoms with Crippen LogP contribution in [0.3, 0.4) is 0 Å². The quantitative estimate of drug-likeness (QED) is 0.651. The van der Waals surface area contributed by atoms with Crippen LogP contribution in [0.25, 0.3) is 4.96 Å². The maximum Gasteiger partial charge on any atom is 0.258 e. The summed E-state index contributed by atoms with van der Waals surface area (Å²) in [6.45, 7) is 3.24. The first-order chi connectivity index (χ1) is 15.1. The van der Waals surface area contributed by atoms with Crippen molar-refractivity contribution < 1.29 is 9.59 Å². The van der Waals surface area contributed by atoms with Gasteiger partial charge in [-0.1, -0.05) is 0 Å². The largest absolute Gasteiger partial charge is 0.336 e. The van der Waals surface area contributed by atoms with Gasteiger partial charge in [0.1, 0.15) is 0 Å². The highest BCUT2D eigenvalue weighted by molar-refractivity contribution is 7.99. The summed E-state index contributed by atoms with van der Waals surface area (Å²) in [6.07, 6.45) is 2.21. The van der Waals surface area contributed by atoms with Gasteiger partial charge < -0.3 is 10.2 Å². The molecule has 1 N–H and O–H groups in total. The second-order valence-corrected chi connectivity index (χ2v) is 9.58. The van der Waals surface area contributed by atoms with Gasteiger partial charge in [-0.25, -0.2) is 4.98 Å². The number of carbonyl (C=O) groups is 2. The third kappa shape index (κ3) is 4.23. The summed E-state index contributed by atoms with van der Waals surface area (Å²) in [5.74, 6) is 0.704. The SMILES string of the molecule is O=C1CCSc2ccc(C(=O)N3CCN(Cc4cc(=O)n5ccsc5n4)CC3)cc2N1. The number of anilines is 1. The van der Waals surface area contributed by atoms with E-state index in [1.807, 2.05) is 22.4 Å². The molecule has 0 aliphatic carbocycles. The Morgan fingerprint density at radius 1 is 1.13 bits per heavy atom. The highest BCUT2D eigenvalue weighted by atomic mass is 32.2. The fourth-order valence-electron chi connectivity index (χ4n) is 3.84. The van der Waals surface area contributed by atoms with Gasteiger partial charge in [0.05, 0.1) is 11.4 Å². The minimum Gasteiger partial charge on any atom is -0.336 e. The number of fused-ring (bicyclic) bond motifs is 2. The van der Waals surface area contributed by atoms with Crippen molar-refractivity contribution in [3.8, 4) is 0 Å². The van der Waals surface area contributed by atoms with E-state index in [1.165, 1.54) is 11.3 Å². The molecule has 2 aliphatic rings. The number of thiazole rings is 1. The average Bonchev–Trinajstić information content (AvgIpc) is 3.16. The van der Waals surface area contributed by atoms with E-state index in [0.717, 1.165) is 35.1 Å². The fraction of sp³-hybridized carbons (Fsp3) is 0.333. The monoisotopic (exact) mass is 455 g/mol. The van der Waals surface area contributed by atoms with Crippen LogP contribution in [0.5, 0.6) is 0 Å². The number of piperazine rings is 1. The molecule has 1 fully saturated rings. The van der Waals surface area contributed by atoms with Gasteiger partial charge in [-0.15, -0.1) is 23.1 Å². The van der Waals surface area contributed by atoms with E-state index in [9.17, 15) is 14.4 Å². The first kappa shape index (κ1) is 20.2. The van der Waals surface area contributed by atoms with Gasteiger partial charge >= 0.3 is 0 Å². The van der Waals surface area contributed by atoms with Crippen LogP contribution in [0.15, 0.2) is 45.5 Å². The normalized spacial score (nSPS) is 17.3. The standard InChI is InChI=1S/C21H21N5O3S2/c27-18-3-9-30-17-2-1-14(11-16(17)23-18)20(29)25-6-4-24(5-7-25)13-15-12-19(28)26-8-10-31-21(26)22-15/h1-2,8,10-12H,3-7,9,13H2,(H,23,27). The molecule has 1 saturated heterocycles. The number of thioether (sulfide) groups is 1. The molecule has 10 heteroatoms. The average molecular weight is 456 g/mol. The van der Waals surface area contributed by atoms with Crippen molar-refractivity contribution in [2.24, 2.45) is 0 Å². The third-order valence-electron chi connectivity index (χ3n) is 5.49. The lowest BCUT2D eigenvalue weighted by molar-refractivity contribution is -0.115. The lowest BCUT2D eigenvalue weighted by Gasteiger charge is -2.34. The van der Waals surface area contributed by atoms with Crippen LogP contribution < -0.4 is 10.9 Å². The molecule has 5 rings (SSSR count). The molecule has 2 aliphatic heterocycles. The molecule has 0 saturated carbocycles. The Morgan fingerprint density at radius 2 is 1.97 bits per heavy atom. The van der Waals surface area contributed by atoms with E-state index < -0.39 is 0 Å². The van der Waals surface area contributed by atoms with Crippen molar-refractivity contribution in [3.63, 3.8) is 0 Å². The minimum absolute atomic E-state index is 0.0153. The van der Waals surface area contributed by atoms with Crippen molar-refractivity contribution in [1.82, 2.24) is 19.2 Å². The van der Waals surface area contributed by atoms with Crippen molar-refractivity contribution in [2.45, 2.75) is 17.9 Å². The molecule has 160 valence electrons. The summed E-state index contributed by atoms with van der Waals surface area (Å²) < 4.78 is 1.55. The van der Waals surface area contributed by atoms with Crippen LogP contribution in [0.2, 0.25) is 0 Å². The molecule has 3 aromatic rings. The molecular weight excluding hydrogens is 434 g/mol. The Morgan fingerprint density at radius 3 is 2.81 bits per heavy atom. The first-order valence-corrected chi connectivity index (χ1v) is 12.0. The molecule has 0 unspecified atom stereocenters. The molecule has 31 heavy (non-hydrogen) atoms. The highest BCUT2D eigenvalue weighted by Crippen LogP contribution is 2.31. The maximum absolute atomic E-state index is 13.0. The molecule has 0 spiro atoms. The number of amides is 2. The molecule has 1 aromatic carbocycles. The summed E-state index contributed by atoms with van der Waals surface area (Å²) >= 11 is 3.07.